The Kier molecular flexibility index (Phi) is 5.79. The summed E-state index contributed by atoms with van der Waals surface area (Å²) < 4.78 is 10.9. The van der Waals surface area contributed by atoms with Crippen molar-refractivity contribution in [3.8, 4) is 11.6 Å². The van der Waals surface area contributed by atoms with Gasteiger partial charge < -0.3 is 14.6 Å². The third-order valence-electron chi connectivity index (χ3n) is 3.80. The van der Waals surface area contributed by atoms with E-state index in [2.05, 4.69) is 9.98 Å². The monoisotopic (exact) mass is 362 g/mol. The molecule has 0 atom stereocenters. The summed E-state index contributed by atoms with van der Waals surface area (Å²) in [6, 6.07) is 17.7. The Morgan fingerprint density at radius 3 is 2.56 bits per heavy atom. The maximum Gasteiger partial charge on any atom is 0.335 e. The van der Waals surface area contributed by atoms with Gasteiger partial charge in [-0.15, -0.1) is 0 Å². The van der Waals surface area contributed by atoms with Gasteiger partial charge in [-0.1, -0.05) is 24.3 Å². The molecule has 1 N–H and O–H groups in total. The summed E-state index contributed by atoms with van der Waals surface area (Å²) in [5.74, 6) is 0.272. The van der Waals surface area contributed by atoms with Crippen molar-refractivity contribution in [1.29, 1.82) is 0 Å². The van der Waals surface area contributed by atoms with Crippen molar-refractivity contribution in [2.45, 2.75) is 6.61 Å². The molecule has 136 valence electrons. The Morgan fingerprint density at radius 1 is 1.11 bits per heavy atom. The van der Waals surface area contributed by atoms with Gasteiger partial charge in [-0.3, -0.25) is 4.99 Å². The second kappa shape index (κ2) is 8.62. The van der Waals surface area contributed by atoms with E-state index in [9.17, 15) is 4.79 Å². The van der Waals surface area contributed by atoms with E-state index in [0.717, 1.165) is 11.1 Å². The van der Waals surface area contributed by atoms with Gasteiger partial charge in [-0.05, 0) is 35.9 Å². The van der Waals surface area contributed by atoms with E-state index in [4.69, 9.17) is 14.6 Å². The van der Waals surface area contributed by atoms with Crippen LogP contribution in [0, 0.1) is 0 Å². The van der Waals surface area contributed by atoms with E-state index in [-0.39, 0.29) is 5.56 Å². The lowest BCUT2D eigenvalue weighted by Crippen LogP contribution is -2.00. The highest BCUT2D eigenvalue weighted by Gasteiger charge is 2.04. The van der Waals surface area contributed by atoms with E-state index < -0.39 is 5.97 Å². The van der Waals surface area contributed by atoms with Crippen molar-refractivity contribution in [3.05, 3.63) is 83.6 Å². The fourth-order valence-corrected chi connectivity index (χ4v) is 2.34. The highest BCUT2D eigenvalue weighted by atomic mass is 16.5. The number of aromatic nitrogens is 1. The topological polar surface area (TPSA) is 81.0 Å². The van der Waals surface area contributed by atoms with Crippen LogP contribution in [-0.4, -0.2) is 29.4 Å². The van der Waals surface area contributed by atoms with Gasteiger partial charge >= 0.3 is 5.97 Å². The number of pyridine rings is 1. The average molecular weight is 362 g/mol. The molecule has 0 spiro atoms. The molecule has 6 heteroatoms. The molecule has 0 saturated heterocycles. The summed E-state index contributed by atoms with van der Waals surface area (Å²) in [7, 11) is 1.56. The number of carboxylic acid groups (broad SMARTS) is 1. The first-order valence-corrected chi connectivity index (χ1v) is 8.24. The lowest BCUT2D eigenvalue weighted by molar-refractivity contribution is 0.0697. The number of aliphatic imine (C=N–C) groups is 1. The molecular formula is C21H18N2O4. The van der Waals surface area contributed by atoms with Crippen molar-refractivity contribution >= 4 is 17.9 Å². The van der Waals surface area contributed by atoms with Gasteiger partial charge in [-0.2, -0.15) is 0 Å². The molecule has 0 fully saturated rings. The van der Waals surface area contributed by atoms with Gasteiger partial charge in [0.25, 0.3) is 0 Å². The van der Waals surface area contributed by atoms with E-state index in [1.165, 1.54) is 0 Å². The number of hydrogen-bond acceptors (Lipinski definition) is 5. The Morgan fingerprint density at radius 2 is 1.89 bits per heavy atom. The summed E-state index contributed by atoms with van der Waals surface area (Å²) >= 11 is 0. The van der Waals surface area contributed by atoms with Crippen molar-refractivity contribution in [1.82, 2.24) is 4.98 Å². The second-order valence-electron chi connectivity index (χ2n) is 5.65. The van der Waals surface area contributed by atoms with Crippen LogP contribution in [0.4, 0.5) is 5.69 Å². The summed E-state index contributed by atoms with van der Waals surface area (Å²) in [5, 5.41) is 8.95. The number of carboxylic acids is 1. The molecular weight excluding hydrogens is 344 g/mol. The standard InChI is InChI=1S/C21H18N2O4/c1-26-20-11-10-18(13-23-20)22-12-17-4-2-3-5-19(17)27-14-15-6-8-16(9-7-15)21(24)25/h2-13H,14H2,1H3,(H,24,25). The number of benzene rings is 2. The molecule has 0 aliphatic carbocycles. The Hall–Kier alpha value is -3.67. The number of para-hydroxylation sites is 1. The molecule has 6 nitrogen and oxygen atoms in total. The van der Waals surface area contributed by atoms with Crippen LogP contribution in [0.3, 0.4) is 0 Å². The lowest BCUT2D eigenvalue weighted by atomic mass is 10.1. The first-order chi connectivity index (χ1) is 13.2. The van der Waals surface area contributed by atoms with Crippen LogP contribution in [0.25, 0.3) is 0 Å². The number of methoxy groups -OCH3 is 1. The largest absolute Gasteiger partial charge is 0.488 e. The minimum atomic E-state index is -0.947. The number of rotatable bonds is 7. The minimum absolute atomic E-state index is 0.249. The van der Waals surface area contributed by atoms with Crippen molar-refractivity contribution < 1.29 is 19.4 Å². The number of nitrogens with zero attached hydrogens (tertiary/aromatic N) is 2. The number of ether oxygens (including phenoxy) is 2. The average Bonchev–Trinajstić information content (AvgIpc) is 2.72. The summed E-state index contributed by atoms with van der Waals surface area (Å²) in [5.41, 5.74) is 2.66. The third-order valence-corrected chi connectivity index (χ3v) is 3.80. The molecule has 0 amide bonds. The number of carbonyl (C=O) groups is 1. The van der Waals surface area contributed by atoms with Crippen molar-refractivity contribution in [2.24, 2.45) is 4.99 Å². The maximum absolute atomic E-state index is 10.9. The fourth-order valence-electron chi connectivity index (χ4n) is 2.34. The highest BCUT2D eigenvalue weighted by Crippen LogP contribution is 2.20. The molecule has 3 rings (SSSR count). The van der Waals surface area contributed by atoms with Crippen LogP contribution >= 0.6 is 0 Å². The number of aromatic carboxylic acids is 1. The smallest absolute Gasteiger partial charge is 0.335 e. The first kappa shape index (κ1) is 18.1. The molecule has 3 aromatic rings. The molecule has 27 heavy (non-hydrogen) atoms. The molecule has 0 bridgehead atoms. The van der Waals surface area contributed by atoms with Crippen LogP contribution in [0.5, 0.6) is 11.6 Å². The van der Waals surface area contributed by atoms with Gasteiger partial charge in [-0.25, -0.2) is 9.78 Å². The summed E-state index contributed by atoms with van der Waals surface area (Å²) in [4.78, 5) is 19.4. The molecule has 0 aliphatic heterocycles. The van der Waals surface area contributed by atoms with Gasteiger partial charge in [0.1, 0.15) is 12.4 Å². The summed E-state index contributed by atoms with van der Waals surface area (Å²) in [6.07, 6.45) is 3.34. The predicted octanol–water partition coefficient (Wildman–Crippen LogP) is 4.12. The normalized spacial score (nSPS) is 10.7. The molecule has 0 radical (unpaired) electrons. The highest BCUT2D eigenvalue weighted by molar-refractivity contribution is 5.87. The summed E-state index contributed by atoms with van der Waals surface area (Å²) in [6.45, 7) is 0.328. The van der Waals surface area contributed by atoms with Crippen molar-refractivity contribution in [2.75, 3.05) is 7.11 Å². The molecule has 1 aromatic heterocycles. The minimum Gasteiger partial charge on any atom is -0.488 e. The quantitative estimate of drug-likeness (QED) is 0.640. The molecule has 0 unspecified atom stereocenters. The van der Waals surface area contributed by atoms with Crippen LogP contribution in [0.1, 0.15) is 21.5 Å². The Bertz CT molecular complexity index is 935. The van der Waals surface area contributed by atoms with E-state index in [0.29, 0.717) is 23.9 Å². The predicted molar refractivity (Wildman–Crippen MR) is 102 cm³/mol. The Balaban J connectivity index is 1.69. The van der Waals surface area contributed by atoms with Gasteiger partial charge in [0.2, 0.25) is 5.88 Å². The third kappa shape index (κ3) is 4.92. The zero-order chi connectivity index (χ0) is 19.1. The van der Waals surface area contributed by atoms with Crippen LogP contribution in [0.2, 0.25) is 0 Å². The van der Waals surface area contributed by atoms with E-state index >= 15 is 0 Å². The Labute approximate surface area is 156 Å². The van der Waals surface area contributed by atoms with Crippen molar-refractivity contribution in [3.63, 3.8) is 0 Å². The molecule has 2 aromatic carbocycles. The van der Waals surface area contributed by atoms with Gasteiger partial charge in [0.15, 0.2) is 0 Å². The molecule has 0 aliphatic rings. The lowest BCUT2D eigenvalue weighted by Gasteiger charge is -2.09. The fraction of sp³-hybridized carbons (Fsp3) is 0.0952. The zero-order valence-corrected chi connectivity index (χ0v) is 14.7. The first-order valence-electron chi connectivity index (χ1n) is 8.24. The van der Waals surface area contributed by atoms with Gasteiger partial charge in [0, 0.05) is 17.8 Å². The number of hydrogen-bond donors (Lipinski definition) is 1. The van der Waals surface area contributed by atoms with Crippen LogP contribution in [-0.2, 0) is 6.61 Å². The SMILES string of the molecule is COc1ccc(N=Cc2ccccc2OCc2ccc(C(=O)O)cc2)cn1. The van der Waals surface area contributed by atoms with E-state index in [1.54, 1.807) is 49.9 Å². The van der Waals surface area contributed by atoms with Gasteiger partial charge in [0.05, 0.1) is 24.6 Å². The maximum atomic E-state index is 10.9. The van der Waals surface area contributed by atoms with Crippen LogP contribution < -0.4 is 9.47 Å². The van der Waals surface area contributed by atoms with E-state index in [1.807, 2.05) is 30.3 Å². The molecule has 0 saturated carbocycles. The zero-order valence-electron chi connectivity index (χ0n) is 14.7. The second-order valence-corrected chi connectivity index (χ2v) is 5.65. The molecule has 1 heterocycles. The van der Waals surface area contributed by atoms with Crippen LogP contribution in [0.15, 0.2) is 71.9 Å².